The predicted molar refractivity (Wildman–Crippen MR) is 130 cm³/mol. The van der Waals surface area contributed by atoms with Crippen LogP contribution in [0.15, 0.2) is 0 Å². The number of hydrogen-bond acceptors (Lipinski definition) is 5. The Morgan fingerprint density at radius 1 is 1.14 bits per heavy atom. The van der Waals surface area contributed by atoms with Crippen molar-refractivity contribution in [1.29, 1.82) is 0 Å². The molecule has 10 nitrogen and oxygen atoms in total. The van der Waals surface area contributed by atoms with Crippen molar-refractivity contribution < 1.29 is 24.0 Å². The Balaban J connectivity index is 1.74. The lowest BCUT2D eigenvalue weighted by atomic mass is 9.85. The molecule has 196 valence electrons. The summed E-state index contributed by atoms with van der Waals surface area (Å²) in [4.78, 5) is 64.9. The molecule has 3 rings (SSSR count). The van der Waals surface area contributed by atoms with Gasteiger partial charge in [0, 0.05) is 24.5 Å². The Kier molecular flexibility index (Phi) is 7.53. The minimum Gasteiger partial charge on any atom is -0.356 e. The smallest absolute Gasteiger partial charge is 0.315 e. The first-order chi connectivity index (χ1) is 16.1. The molecule has 35 heavy (non-hydrogen) atoms. The average molecular weight is 492 g/mol. The summed E-state index contributed by atoms with van der Waals surface area (Å²) >= 11 is 0. The molecule has 10 heteroatoms. The normalized spacial score (nSPS) is 25.0. The van der Waals surface area contributed by atoms with E-state index >= 15 is 0 Å². The molecule has 0 bridgehead atoms. The van der Waals surface area contributed by atoms with E-state index in [9.17, 15) is 24.0 Å². The molecule has 2 saturated heterocycles. The molecular weight excluding hydrogens is 450 g/mol. The lowest BCUT2D eigenvalue weighted by Crippen LogP contribution is -2.60. The van der Waals surface area contributed by atoms with Crippen molar-refractivity contribution in [2.45, 2.75) is 97.3 Å². The van der Waals surface area contributed by atoms with Crippen molar-refractivity contribution in [2.75, 3.05) is 13.1 Å². The molecule has 0 aromatic heterocycles. The fourth-order valence-electron chi connectivity index (χ4n) is 4.99. The van der Waals surface area contributed by atoms with Gasteiger partial charge in [0.2, 0.25) is 17.7 Å². The van der Waals surface area contributed by atoms with Crippen LogP contribution in [0.4, 0.5) is 4.79 Å². The summed E-state index contributed by atoms with van der Waals surface area (Å²) in [5.74, 6) is -1.10. The van der Waals surface area contributed by atoms with Gasteiger partial charge in [-0.2, -0.15) is 0 Å². The summed E-state index contributed by atoms with van der Waals surface area (Å²) in [5.41, 5.74) is -1.13. The van der Waals surface area contributed by atoms with Crippen LogP contribution in [0.3, 0.4) is 0 Å². The van der Waals surface area contributed by atoms with E-state index in [2.05, 4.69) is 21.3 Å². The van der Waals surface area contributed by atoms with E-state index in [-0.39, 0.29) is 35.5 Å². The maximum absolute atomic E-state index is 13.8. The van der Waals surface area contributed by atoms with Crippen LogP contribution in [-0.4, -0.2) is 71.7 Å². The fourth-order valence-corrected chi connectivity index (χ4v) is 4.99. The first-order valence-electron chi connectivity index (χ1n) is 12.6. The van der Waals surface area contributed by atoms with Crippen molar-refractivity contribution in [2.24, 2.45) is 16.7 Å². The third-order valence-corrected chi connectivity index (χ3v) is 7.12. The van der Waals surface area contributed by atoms with Crippen LogP contribution in [0, 0.1) is 16.7 Å². The highest BCUT2D eigenvalue weighted by atomic mass is 16.2. The van der Waals surface area contributed by atoms with Gasteiger partial charge in [0.05, 0.1) is 6.04 Å². The third kappa shape index (κ3) is 6.73. The Morgan fingerprint density at radius 3 is 2.29 bits per heavy atom. The maximum atomic E-state index is 13.8. The molecule has 0 aromatic carbocycles. The van der Waals surface area contributed by atoms with Crippen LogP contribution < -0.4 is 21.3 Å². The monoisotopic (exact) mass is 491 g/mol. The molecule has 4 atom stereocenters. The lowest BCUT2D eigenvalue weighted by molar-refractivity contribution is -0.142. The van der Waals surface area contributed by atoms with E-state index in [0.29, 0.717) is 32.2 Å². The van der Waals surface area contributed by atoms with Gasteiger partial charge in [-0.25, -0.2) is 4.79 Å². The molecule has 2 heterocycles. The molecule has 1 saturated carbocycles. The molecule has 1 spiro atoms. The van der Waals surface area contributed by atoms with Gasteiger partial charge in [0.15, 0.2) is 0 Å². The van der Waals surface area contributed by atoms with Crippen molar-refractivity contribution in [3.05, 3.63) is 0 Å². The largest absolute Gasteiger partial charge is 0.356 e. The second kappa shape index (κ2) is 9.78. The summed E-state index contributed by atoms with van der Waals surface area (Å²) in [7, 11) is 0. The maximum Gasteiger partial charge on any atom is 0.315 e. The van der Waals surface area contributed by atoms with E-state index in [1.54, 1.807) is 4.90 Å². The van der Waals surface area contributed by atoms with Gasteiger partial charge in [0.1, 0.15) is 18.4 Å². The van der Waals surface area contributed by atoms with E-state index in [0.717, 1.165) is 12.8 Å². The number of urea groups is 1. The summed E-state index contributed by atoms with van der Waals surface area (Å²) in [5, 5.41) is 11.2. The third-order valence-electron chi connectivity index (χ3n) is 7.12. The molecule has 1 aliphatic carbocycles. The minimum atomic E-state index is -0.835. The van der Waals surface area contributed by atoms with E-state index in [1.165, 1.54) is 0 Å². The lowest BCUT2D eigenvalue weighted by Gasteiger charge is -2.36. The van der Waals surface area contributed by atoms with Crippen LogP contribution in [0.5, 0.6) is 0 Å². The van der Waals surface area contributed by atoms with Crippen LogP contribution in [0.1, 0.15) is 73.6 Å². The summed E-state index contributed by atoms with van der Waals surface area (Å²) < 4.78 is 0. The Hall–Kier alpha value is -2.65. The zero-order valence-corrected chi connectivity index (χ0v) is 21.8. The van der Waals surface area contributed by atoms with Gasteiger partial charge in [-0.1, -0.05) is 20.8 Å². The number of nitrogens with one attached hydrogen (secondary N) is 4. The van der Waals surface area contributed by atoms with Crippen LogP contribution >= 0.6 is 0 Å². The number of likely N-dealkylation sites (tertiary alicyclic amines) is 1. The predicted octanol–water partition coefficient (Wildman–Crippen LogP) is 1.09. The molecule has 4 N–H and O–H groups in total. The summed E-state index contributed by atoms with van der Waals surface area (Å²) in [6.45, 7) is 12.2. The van der Waals surface area contributed by atoms with Crippen molar-refractivity contribution >= 4 is 30.0 Å². The summed E-state index contributed by atoms with van der Waals surface area (Å²) in [6, 6.07) is -2.79. The minimum absolute atomic E-state index is 0.0736. The molecule has 2 aliphatic heterocycles. The molecule has 5 amide bonds. The van der Waals surface area contributed by atoms with Crippen LogP contribution in [-0.2, 0) is 19.2 Å². The van der Waals surface area contributed by atoms with Gasteiger partial charge in [-0.05, 0) is 63.7 Å². The quantitative estimate of drug-likeness (QED) is 0.395. The standard InChI is InChI=1S/C25H41N5O5/c1-23(2,3)18(28-22(35)29-24(4,5)6)21(34)30-14-25(8-9-25)12-17(30)20(33)27-16(13-31)11-15-7-10-26-19(15)32/h13,15-18H,7-12,14H2,1-6H3,(H,26,32)(H,27,33)(H2,28,29,35). The van der Waals surface area contributed by atoms with Crippen molar-refractivity contribution in [1.82, 2.24) is 26.2 Å². The zero-order chi connectivity index (χ0) is 26.2. The van der Waals surface area contributed by atoms with E-state index in [1.807, 2.05) is 41.5 Å². The molecule has 3 aliphatic rings. The number of hydrogen-bond donors (Lipinski definition) is 4. The second-order valence-corrected chi connectivity index (χ2v) is 12.6. The molecule has 4 unspecified atom stereocenters. The fraction of sp³-hybridized carbons (Fsp3) is 0.800. The first kappa shape index (κ1) is 26.9. The SMILES string of the molecule is CC(C)(C)NC(=O)NC(C(=O)N1CC2(CC2)CC1C(=O)NC(C=O)CC1CCNC1=O)C(C)(C)C. The van der Waals surface area contributed by atoms with Crippen molar-refractivity contribution in [3.63, 3.8) is 0 Å². The molecule has 3 fully saturated rings. The van der Waals surface area contributed by atoms with Gasteiger partial charge < -0.3 is 31.0 Å². The average Bonchev–Trinajstić information content (AvgIpc) is 3.18. The van der Waals surface area contributed by atoms with Crippen LogP contribution in [0.25, 0.3) is 0 Å². The first-order valence-corrected chi connectivity index (χ1v) is 12.6. The molecular formula is C25H41N5O5. The topological polar surface area (TPSA) is 137 Å². The van der Waals surface area contributed by atoms with E-state index in [4.69, 9.17) is 0 Å². The van der Waals surface area contributed by atoms with Gasteiger partial charge in [-0.15, -0.1) is 0 Å². The Labute approximate surface area is 207 Å². The highest BCUT2D eigenvalue weighted by Gasteiger charge is 2.56. The van der Waals surface area contributed by atoms with Gasteiger partial charge in [-0.3, -0.25) is 14.4 Å². The zero-order valence-electron chi connectivity index (χ0n) is 21.8. The number of carbonyl (C=O) groups is 5. The summed E-state index contributed by atoms with van der Waals surface area (Å²) in [6.07, 6.45) is 3.95. The van der Waals surface area contributed by atoms with Gasteiger partial charge in [0.25, 0.3) is 0 Å². The van der Waals surface area contributed by atoms with Gasteiger partial charge >= 0.3 is 6.03 Å². The number of rotatable bonds is 7. The Bertz CT molecular complexity index is 870. The second-order valence-electron chi connectivity index (χ2n) is 12.6. The molecule has 0 radical (unpaired) electrons. The van der Waals surface area contributed by atoms with E-state index < -0.39 is 35.1 Å². The highest BCUT2D eigenvalue weighted by molar-refractivity contribution is 5.94. The molecule has 0 aromatic rings. The number of aldehydes is 1. The number of nitrogens with zero attached hydrogens (tertiary/aromatic N) is 1. The number of amides is 5. The number of carbonyl (C=O) groups excluding carboxylic acids is 5. The Morgan fingerprint density at radius 2 is 1.80 bits per heavy atom. The van der Waals surface area contributed by atoms with Crippen molar-refractivity contribution in [3.8, 4) is 0 Å². The van der Waals surface area contributed by atoms with Crippen LogP contribution in [0.2, 0.25) is 0 Å². The highest BCUT2D eigenvalue weighted by Crippen LogP contribution is 2.55.